The minimum absolute atomic E-state index is 0.652. The Balaban J connectivity index is 1.54. The van der Waals surface area contributed by atoms with Crippen molar-refractivity contribution < 1.29 is 0 Å². The van der Waals surface area contributed by atoms with Gasteiger partial charge in [0.2, 0.25) is 5.82 Å². The first kappa shape index (κ1) is 13.9. The molecule has 1 saturated carbocycles. The Morgan fingerprint density at radius 2 is 2.08 bits per heavy atom. The number of rotatable bonds is 2. The summed E-state index contributed by atoms with van der Waals surface area (Å²) < 4.78 is 1.82. The zero-order valence-corrected chi connectivity index (χ0v) is 14.6. The fourth-order valence-electron chi connectivity index (χ4n) is 3.89. The Morgan fingerprint density at radius 3 is 3.00 bits per heavy atom. The Labute approximate surface area is 148 Å². The fraction of sp³-hybridized carbons (Fsp3) is 0.444. The highest BCUT2D eigenvalue weighted by molar-refractivity contribution is 7.19. The standard InChI is InChI=1S/C18H18N6S/c1-2-4-11-14(5-3-1)25-18-15(11)17-20-16(23-24(17)9-19-18)13-8-12(21-22-13)10-6-7-10/h8-10H,1-7H2,(H,21,22). The summed E-state index contributed by atoms with van der Waals surface area (Å²) in [5, 5.41) is 13.4. The van der Waals surface area contributed by atoms with Crippen LogP contribution < -0.4 is 0 Å². The second kappa shape index (κ2) is 5.11. The van der Waals surface area contributed by atoms with Crippen LogP contribution in [0.5, 0.6) is 0 Å². The Kier molecular flexibility index (Phi) is 2.85. The van der Waals surface area contributed by atoms with Gasteiger partial charge in [-0.15, -0.1) is 16.4 Å². The number of aromatic amines is 1. The molecule has 6 nitrogen and oxygen atoms in total. The molecule has 4 aromatic rings. The van der Waals surface area contributed by atoms with Gasteiger partial charge in [-0.3, -0.25) is 5.10 Å². The number of nitrogens with zero attached hydrogens (tertiary/aromatic N) is 5. The number of aryl methyl sites for hydroxylation is 2. The largest absolute Gasteiger partial charge is 0.282 e. The van der Waals surface area contributed by atoms with E-state index in [1.807, 2.05) is 15.9 Å². The molecule has 6 rings (SSSR count). The molecule has 2 aliphatic carbocycles. The van der Waals surface area contributed by atoms with Gasteiger partial charge in [-0.1, -0.05) is 6.42 Å². The predicted octanol–water partition coefficient (Wildman–Crippen LogP) is 3.88. The maximum atomic E-state index is 4.85. The zero-order chi connectivity index (χ0) is 16.4. The van der Waals surface area contributed by atoms with Crippen molar-refractivity contribution in [2.75, 3.05) is 0 Å². The highest BCUT2D eigenvalue weighted by Crippen LogP contribution is 2.40. The van der Waals surface area contributed by atoms with Crippen LogP contribution in [-0.4, -0.2) is 29.8 Å². The lowest BCUT2D eigenvalue weighted by Crippen LogP contribution is -1.92. The fourth-order valence-corrected chi connectivity index (χ4v) is 5.12. The number of hydrogen-bond donors (Lipinski definition) is 1. The van der Waals surface area contributed by atoms with Crippen molar-refractivity contribution in [3.63, 3.8) is 0 Å². The summed E-state index contributed by atoms with van der Waals surface area (Å²) in [5.74, 6) is 1.34. The van der Waals surface area contributed by atoms with E-state index in [-0.39, 0.29) is 0 Å². The van der Waals surface area contributed by atoms with Gasteiger partial charge in [-0.05, 0) is 50.2 Å². The van der Waals surface area contributed by atoms with Crippen LogP contribution in [0.2, 0.25) is 0 Å². The van der Waals surface area contributed by atoms with E-state index in [4.69, 9.17) is 4.98 Å². The molecule has 25 heavy (non-hydrogen) atoms. The second-order valence-corrected chi connectivity index (χ2v) is 8.26. The smallest absolute Gasteiger partial charge is 0.202 e. The van der Waals surface area contributed by atoms with E-state index in [9.17, 15) is 0 Å². The van der Waals surface area contributed by atoms with Gasteiger partial charge in [0.15, 0.2) is 5.65 Å². The Morgan fingerprint density at radius 1 is 1.16 bits per heavy atom. The molecule has 0 spiro atoms. The van der Waals surface area contributed by atoms with Gasteiger partial charge in [-0.2, -0.15) is 5.10 Å². The van der Waals surface area contributed by atoms with Crippen LogP contribution in [0.15, 0.2) is 12.4 Å². The van der Waals surface area contributed by atoms with Crippen LogP contribution in [0.3, 0.4) is 0 Å². The van der Waals surface area contributed by atoms with Crippen molar-refractivity contribution >= 4 is 27.2 Å². The second-order valence-electron chi connectivity index (χ2n) is 7.18. The SMILES string of the molecule is c1c(-c2nc3c4c5c(sc4ncn3n2)CCCCC5)n[nH]c1C1CC1. The van der Waals surface area contributed by atoms with Crippen molar-refractivity contribution in [3.8, 4) is 11.5 Å². The van der Waals surface area contributed by atoms with E-state index in [1.165, 1.54) is 60.0 Å². The molecule has 0 saturated heterocycles. The molecule has 2 aliphatic rings. The lowest BCUT2D eigenvalue weighted by molar-refractivity contribution is 0.713. The average molecular weight is 350 g/mol. The Hall–Kier alpha value is -2.28. The summed E-state index contributed by atoms with van der Waals surface area (Å²) in [7, 11) is 0. The molecule has 126 valence electrons. The molecular formula is C18H18N6S. The van der Waals surface area contributed by atoms with Gasteiger partial charge in [0, 0.05) is 16.5 Å². The molecule has 4 heterocycles. The quantitative estimate of drug-likeness (QED) is 0.557. The number of fused-ring (bicyclic) bond motifs is 5. The van der Waals surface area contributed by atoms with Gasteiger partial charge < -0.3 is 0 Å². The molecule has 0 atom stereocenters. The molecule has 0 radical (unpaired) electrons. The molecule has 1 N–H and O–H groups in total. The van der Waals surface area contributed by atoms with Crippen molar-refractivity contribution in [1.29, 1.82) is 0 Å². The van der Waals surface area contributed by atoms with Crippen molar-refractivity contribution in [3.05, 3.63) is 28.5 Å². The van der Waals surface area contributed by atoms with Crippen LogP contribution in [0.25, 0.3) is 27.4 Å². The first-order valence-corrected chi connectivity index (χ1v) is 9.90. The lowest BCUT2D eigenvalue weighted by Gasteiger charge is -1.98. The minimum Gasteiger partial charge on any atom is -0.282 e. The number of hydrogen-bond acceptors (Lipinski definition) is 5. The normalized spacial score (nSPS) is 17.9. The maximum absolute atomic E-state index is 4.85. The third kappa shape index (κ3) is 2.15. The first-order valence-electron chi connectivity index (χ1n) is 9.08. The van der Waals surface area contributed by atoms with Crippen molar-refractivity contribution in [1.82, 2.24) is 29.8 Å². The highest BCUT2D eigenvalue weighted by Gasteiger charge is 2.26. The molecular weight excluding hydrogens is 332 g/mol. The van der Waals surface area contributed by atoms with Gasteiger partial charge in [0.05, 0.1) is 5.39 Å². The predicted molar refractivity (Wildman–Crippen MR) is 97.0 cm³/mol. The number of thiophene rings is 1. The summed E-state index contributed by atoms with van der Waals surface area (Å²) in [6.45, 7) is 0. The molecule has 0 aromatic carbocycles. The third-order valence-corrected chi connectivity index (χ3v) is 6.59. The van der Waals surface area contributed by atoms with E-state index in [0.717, 1.165) is 22.6 Å². The monoisotopic (exact) mass is 350 g/mol. The molecule has 7 heteroatoms. The first-order chi connectivity index (χ1) is 12.4. The summed E-state index contributed by atoms with van der Waals surface area (Å²) in [4.78, 5) is 12.1. The topological polar surface area (TPSA) is 71.8 Å². The minimum atomic E-state index is 0.652. The average Bonchev–Trinajstić information content (AvgIpc) is 3.12. The molecule has 0 unspecified atom stereocenters. The van der Waals surface area contributed by atoms with Gasteiger partial charge in [0.1, 0.15) is 16.9 Å². The van der Waals surface area contributed by atoms with E-state index in [2.05, 4.69) is 26.3 Å². The van der Waals surface area contributed by atoms with Crippen LogP contribution in [0.4, 0.5) is 0 Å². The highest BCUT2D eigenvalue weighted by atomic mass is 32.1. The number of H-pyrrole nitrogens is 1. The van der Waals surface area contributed by atoms with E-state index in [0.29, 0.717) is 11.7 Å². The summed E-state index contributed by atoms with van der Waals surface area (Å²) in [5.41, 5.74) is 4.42. The van der Waals surface area contributed by atoms with E-state index < -0.39 is 0 Å². The molecule has 4 aromatic heterocycles. The van der Waals surface area contributed by atoms with Crippen LogP contribution in [0.1, 0.15) is 54.2 Å². The van der Waals surface area contributed by atoms with E-state index in [1.54, 1.807) is 6.33 Å². The van der Waals surface area contributed by atoms with Gasteiger partial charge in [-0.25, -0.2) is 14.5 Å². The number of nitrogens with one attached hydrogen (secondary N) is 1. The van der Waals surface area contributed by atoms with Crippen LogP contribution in [0, 0.1) is 0 Å². The van der Waals surface area contributed by atoms with Crippen LogP contribution >= 0.6 is 11.3 Å². The van der Waals surface area contributed by atoms with E-state index >= 15 is 0 Å². The molecule has 0 bridgehead atoms. The third-order valence-electron chi connectivity index (χ3n) is 5.39. The number of aromatic nitrogens is 6. The summed E-state index contributed by atoms with van der Waals surface area (Å²) in [6, 6.07) is 2.10. The summed E-state index contributed by atoms with van der Waals surface area (Å²) >= 11 is 1.84. The molecule has 0 amide bonds. The van der Waals surface area contributed by atoms with Crippen LogP contribution in [-0.2, 0) is 12.8 Å². The Bertz CT molecular complexity index is 1100. The lowest BCUT2D eigenvalue weighted by atomic mass is 10.1. The van der Waals surface area contributed by atoms with Crippen molar-refractivity contribution in [2.24, 2.45) is 0 Å². The zero-order valence-electron chi connectivity index (χ0n) is 13.8. The van der Waals surface area contributed by atoms with Crippen molar-refractivity contribution in [2.45, 2.75) is 50.9 Å². The summed E-state index contributed by atoms with van der Waals surface area (Å²) in [6.07, 6.45) is 10.5. The van der Waals surface area contributed by atoms with Gasteiger partial charge in [0.25, 0.3) is 0 Å². The van der Waals surface area contributed by atoms with Gasteiger partial charge >= 0.3 is 0 Å². The molecule has 1 fully saturated rings. The maximum Gasteiger partial charge on any atom is 0.202 e. The molecule has 0 aliphatic heterocycles.